The molecule has 0 fully saturated rings. The number of hydrogen-bond donors (Lipinski definition) is 1. The van der Waals surface area contributed by atoms with Crippen molar-refractivity contribution in [2.24, 2.45) is 0 Å². The van der Waals surface area contributed by atoms with Gasteiger partial charge in [-0.3, -0.25) is 0 Å². The van der Waals surface area contributed by atoms with E-state index in [9.17, 15) is 27.9 Å². The third-order valence-corrected chi connectivity index (χ3v) is 5.87. The number of aliphatic carboxylic acids is 1. The smallest absolute Gasteiger partial charge is 0.416 e. The van der Waals surface area contributed by atoms with Gasteiger partial charge in [-0.25, -0.2) is 4.79 Å². The summed E-state index contributed by atoms with van der Waals surface area (Å²) in [6, 6.07) is 19.2. The predicted molar refractivity (Wildman–Crippen MR) is 117 cm³/mol. The number of benzene rings is 3. The van der Waals surface area contributed by atoms with Gasteiger partial charge in [0.25, 0.3) is 0 Å². The second-order valence-corrected chi connectivity index (χ2v) is 8.10. The van der Waals surface area contributed by atoms with Gasteiger partial charge < -0.3 is 20.0 Å². The Kier molecular flexibility index (Phi) is 6.58. The monoisotopic (exact) mass is 468 g/mol. The molecule has 8 heteroatoms. The zero-order chi connectivity index (χ0) is 24.3. The normalized spacial score (nSPS) is 13.6. The minimum atomic E-state index is -4.60. The molecule has 1 atom stereocenters. The van der Waals surface area contributed by atoms with Crippen molar-refractivity contribution in [3.8, 4) is 11.1 Å². The van der Waals surface area contributed by atoms with E-state index in [2.05, 4.69) is 5.32 Å². The Balaban J connectivity index is 1.46. The van der Waals surface area contributed by atoms with E-state index in [-0.39, 0.29) is 24.5 Å². The lowest BCUT2D eigenvalue weighted by molar-refractivity contribution is -0.306. The van der Waals surface area contributed by atoms with Crippen LogP contribution in [-0.4, -0.2) is 24.7 Å². The summed E-state index contributed by atoms with van der Waals surface area (Å²) in [5, 5.41) is 13.6. The van der Waals surface area contributed by atoms with Crippen LogP contribution < -0.4 is 10.4 Å². The molecular weight excluding hydrogens is 447 g/mol. The SMILES string of the molecule is O=C([O-])C[C@@H](Cc1ccccc1C(F)(F)F)NC(=O)OCC1c2ccccc2-c2ccccc21. The largest absolute Gasteiger partial charge is 0.550 e. The summed E-state index contributed by atoms with van der Waals surface area (Å²) in [6.07, 6.45) is -6.51. The number of carbonyl (C=O) groups excluding carboxylic acids is 2. The Morgan fingerprint density at radius 3 is 2.06 bits per heavy atom. The molecule has 1 aliphatic rings. The fraction of sp³-hybridized carbons (Fsp3) is 0.231. The number of carboxylic acid groups (broad SMARTS) is 1. The average molecular weight is 468 g/mol. The van der Waals surface area contributed by atoms with Gasteiger partial charge in [0.2, 0.25) is 0 Å². The minimum Gasteiger partial charge on any atom is -0.550 e. The second-order valence-electron chi connectivity index (χ2n) is 8.10. The van der Waals surface area contributed by atoms with Crippen LogP contribution in [0.1, 0.15) is 34.6 Å². The molecule has 0 saturated heterocycles. The summed E-state index contributed by atoms with van der Waals surface area (Å²) in [4.78, 5) is 23.7. The molecule has 0 aliphatic heterocycles. The number of carboxylic acids is 1. The zero-order valence-electron chi connectivity index (χ0n) is 18.0. The van der Waals surface area contributed by atoms with Crippen LogP contribution in [0.5, 0.6) is 0 Å². The van der Waals surface area contributed by atoms with Gasteiger partial charge in [0.1, 0.15) is 6.61 Å². The van der Waals surface area contributed by atoms with Crippen LogP contribution in [0.2, 0.25) is 0 Å². The summed E-state index contributed by atoms with van der Waals surface area (Å²) in [5.74, 6) is -1.70. The van der Waals surface area contributed by atoms with Crippen molar-refractivity contribution >= 4 is 12.1 Å². The third-order valence-electron chi connectivity index (χ3n) is 5.87. The van der Waals surface area contributed by atoms with Gasteiger partial charge in [-0.2, -0.15) is 13.2 Å². The highest BCUT2D eigenvalue weighted by Gasteiger charge is 2.34. The van der Waals surface area contributed by atoms with Crippen LogP contribution in [0, 0.1) is 0 Å². The first kappa shape index (κ1) is 23.4. The van der Waals surface area contributed by atoms with Crippen LogP contribution in [0.4, 0.5) is 18.0 Å². The number of alkyl carbamates (subject to hydrolysis) is 1. The van der Waals surface area contributed by atoms with Gasteiger partial charge in [0.05, 0.1) is 5.56 Å². The number of hydrogen-bond acceptors (Lipinski definition) is 4. The fourth-order valence-corrected chi connectivity index (χ4v) is 4.42. The number of amides is 1. The number of halogens is 3. The summed E-state index contributed by atoms with van der Waals surface area (Å²) < 4.78 is 45.4. The van der Waals surface area contributed by atoms with Gasteiger partial charge in [0.15, 0.2) is 0 Å². The van der Waals surface area contributed by atoms with Gasteiger partial charge in [-0.05, 0) is 40.3 Å². The lowest BCUT2D eigenvalue weighted by Crippen LogP contribution is -2.42. The van der Waals surface area contributed by atoms with E-state index in [0.717, 1.165) is 28.3 Å². The van der Waals surface area contributed by atoms with Crippen LogP contribution in [-0.2, 0) is 22.1 Å². The summed E-state index contributed by atoms with van der Waals surface area (Å²) in [7, 11) is 0. The molecule has 176 valence electrons. The van der Waals surface area contributed by atoms with E-state index in [1.54, 1.807) is 0 Å². The average Bonchev–Trinajstić information content (AvgIpc) is 3.11. The first-order chi connectivity index (χ1) is 16.2. The quantitative estimate of drug-likeness (QED) is 0.561. The van der Waals surface area contributed by atoms with E-state index >= 15 is 0 Å². The number of rotatable bonds is 7. The summed E-state index contributed by atoms with van der Waals surface area (Å²) >= 11 is 0. The standard InChI is InChI=1S/C26H22F3NO4/c27-26(28,29)23-12-6-1-7-16(23)13-17(14-24(31)32)30-25(33)34-15-22-20-10-4-2-8-18(20)19-9-3-5-11-21(19)22/h1-12,17,22H,13-15H2,(H,30,33)(H,31,32)/p-1/t17-/m1/s1. The molecule has 1 aliphatic carbocycles. The van der Waals surface area contributed by atoms with Gasteiger partial charge in [-0.1, -0.05) is 66.7 Å². The first-order valence-corrected chi connectivity index (χ1v) is 10.7. The molecule has 3 aromatic carbocycles. The molecule has 0 bridgehead atoms. The Hall–Kier alpha value is -3.81. The second kappa shape index (κ2) is 9.59. The minimum absolute atomic E-state index is 0.00294. The molecule has 0 saturated carbocycles. The molecule has 0 aromatic heterocycles. The Bertz CT molecular complexity index is 1160. The molecule has 0 unspecified atom stereocenters. The summed E-state index contributed by atoms with van der Waals surface area (Å²) in [5.41, 5.74) is 3.09. The van der Waals surface area contributed by atoms with Crippen molar-refractivity contribution < 1.29 is 32.6 Å². The topological polar surface area (TPSA) is 78.5 Å². The molecule has 1 amide bonds. The highest BCUT2D eigenvalue weighted by atomic mass is 19.4. The predicted octanol–water partition coefficient (Wildman–Crippen LogP) is 4.30. The molecule has 1 N–H and O–H groups in total. The zero-order valence-corrected chi connectivity index (χ0v) is 18.0. The Labute approximate surface area is 194 Å². The molecule has 0 heterocycles. The van der Waals surface area contributed by atoms with Gasteiger partial charge in [0, 0.05) is 24.3 Å². The van der Waals surface area contributed by atoms with Gasteiger partial charge in [-0.15, -0.1) is 0 Å². The van der Waals surface area contributed by atoms with Crippen molar-refractivity contribution in [2.45, 2.75) is 31.0 Å². The number of fused-ring (bicyclic) bond motifs is 3. The van der Waals surface area contributed by atoms with E-state index in [1.165, 1.54) is 18.2 Å². The molecule has 4 rings (SSSR count). The molecule has 34 heavy (non-hydrogen) atoms. The number of ether oxygens (including phenoxy) is 1. The summed E-state index contributed by atoms with van der Waals surface area (Å²) in [6.45, 7) is -0.00294. The Morgan fingerprint density at radius 1 is 0.912 bits per heavy atom. The van der Waals surface area contributed by atoms with E-state index in [1.807, 2.05) is 48.5 Å². The molecule has 0 radical (unpaired) electrons. The maximum Gasteiger partial charge on any atom is 0.416 e. The maximum atomic E-state index is 13.3. The number of carbonyl (C=O) groups is 2. The van der Waals surface area contributed by atoms with Gasteiger partial charge >= 0.3 is 12.3 Å². The van der Waals surface area contributed by atoms with Crippen LogP contribution >= 0.6 is 0 Å². The van der Waals surface area contributed by atoms with E-state index in [0.29, 0.717) is 0 Å². The molecule has 3 aromatic rings. The van der Waals surface area contributed by atoms with E-state index in [4.69, 9.17) is 4.74 Å². The van der Waals surface area contributed by atoms with Crippen molar-refractivity contribution in [3.05, 3.63) is 95.1 Å². The number of alkyl halides is 3. The van der Waals surface area contributed by atoms with Crippen LogP contribution in [0.15, 0.2) is 72.8 Å². The highest BCUT2D eigenvalue weighted by molar-refractivity contribution is 5.79. The van der Waals surface area contributed by atoms with Crippen molar-refractivity contribution in [3.63, 3.8) is 0 Å². The van der Waals surface area contributed by atoms with Crippen molar-refractivity contribution in [1.29, 1.82) is 0 Å². The molecular formula is C26H21F3NO4-. The first-order valence-electron chi connectivity index (χ1n) is 10.7. The van der Waals surface area contributed by atoms with Crippen LogP contribution in [0.25, 0.3) is 11.1 Å². The van der Waals surface area contributed by atoms with E-state index < -0.39 is 36.3 Å². The van der Waals surface area contributed by atoms with Crippen molar-refractivity contribution in [2.75, 3.05) is 6.61 Å². The van der Waals surface area contributed by atoms with Crippen LogP contribution in [0.3, 0.4) is 0 Å². The lowest BCUT2D eigenvalue weighted by Gasteiger charge is -2.22. The number of nitrogens with one attached hydrogen (secondary N) is 1. The Morgan fingerprint density at radius 2 is 1.47 bits per heavy atom. The third kappa shape index (κ3) is 5.06. The van der Waals surface area contributed by atoms with Crippen molar-refractivity contribution in [1.82, 2.24) is 5.32 Å². The molecule has 5 nitrogen and oxygen atoms in total. The highest BCUT2D eigenvalue weighted by Crippen LogP contribution is 2.44. The fourth-order valence-electron chi connectivity index (χ4n) is 4.42. The maximum absolute atomic E-state index is 13.3. The lowest BCUT2D eigenvalue weighted by atomic mass is 9.98. The molecule has 0 spiro atoms.